The van der Waals surface area contributed by atoms with Gasteiger partial charge in [-0.25, -0.2) is 0 Å². The minimum atomic E-state index is -6.72. The van der Waals surface area contributed by atoms with E-state index in [0.29, 0.717) is 0 Å². The highest BCUT2D eigenvalue weighted by atomic mass is 32.2. The van der Waals surface area contributed by atoms with Crippen LogP contribution in [-0.4, -0.2) is 35.4 Å². The van der Waals surface area contributed by atoms with Crippen LogP contribution in [0.2, 0.25) is 0 Å². The molecular weight excluding hydrogens is 246 g/mol. The summed E-state index contributed by atoms with van der Waals surface area (Å²) in [6.45, 7) is 0. The molecule has 0 amide bonds. The lowest BCUT2D eigenvalue weighted by Gasteiger charge is -2.27. The van der Waals surface area contributed by atoms with E-state index in [-0.39, 0.29) is 0 Å². The number of halogens is 6. The van der Waals surface area contributed by atoms with E-state index in [2.05, 4.69) is 0 Å². The molecule has 0 aromatic rings. The lowest BCUT2D eigenvalue weighted by atomic mass is 10.3. The molecule has 0 aliphatic rings. The predicted octanol–water partition coefficient (Wildman–Crippen LogP) is 0.687. The fourth-order valence-corrected chi connectivity index (χ4v) is 0.793. The number of hydrogen-bond donors (Lipinski definition) is 2. The molecule has 1 unspecified atom stereocenters. The van der Waals surface area contributed by atoms with Crippen molar-refractivity contribution < 1.29 is 44.4 Å². The van der Waals surface area contributed by atoms with Crippen molar-refractivity contribution in [3.05, 3.63) is 0 Å². The molecule has 0 heterocycles. The predicted molar refractivity (Wildman–Crippen MR) is 28.6 cm³/mol. The van der Waals surface area contributed by atoms with Gasteiger partial charge in [-0.2, -0.15) is 34.8 Å². The SMILES string of the molecule is O=S(=O)(O)C(F)(F)C(O)(F)C(F)(F)F. The van der Waals surface area contributed by atoms with Gasteiger partial charge in [-0.05, 0) is 0 Å². The summed E-state index contributed by atoms with van der Waals surface area (Å²) in [6.07, 6.45) is -6.56. The third-order valence-electron chi connectivity index (χ3n) is 1.09. The maximum atomic E-state index is 12.0. The quantitative estimate of drug-likeness (QED) is 0.556. The number of aliphatic hydroxyl groups is 1. The topological polar surface area (TPSA) is 74.6 Å². The van der Waals surface area contributed by atoms with Gasteiger partial charge in [-0.1, -0.05) is 0 Å². The summed E-state index contributed by atoms with van der Waals surface area (Å²) < 4.78 is 97.1. The van der Waals surface area contributed by atoms with Gasteiger partial charge >= 0.3 is 27.4 Å². The Morgan fingerprint density at radius 3 is 1.29 bits per heavy atom. The molecule has 0 aliphatic carbocycles. The molecule has 4 nitrogen and oxygen atoms in total. The molecule has 0 aromatic carbocycles. The van der Waals surface area contributed by atoms with E-state index in [1.165, 1.54) is 0 Å². The van der Waals surface area contributed by atoms with Gasteiger partial charge in [0.1, 0.15) is 0 Å². The largest absolute Gasteiger partial charge is 0.456 e. The van der Waals surface area contributed by atoms with Gasteiger partial charge in [0.05, 0.1) is 0 Å². The second-order valence-corrected chi connectivity index (χ2v) is 3.57. The first-order chi connectivity index (χ1) is 5.75. The molecule has 0 spiro atoms. The van der Waals surface area contributed by atoms with Crippen molar-refractivity contribution in [2.24, 2.45) is 0 Å². The van der Waals surface area contributed by atoms with E-state index < -0.39 is 27.4 Å². The van der Waals surface area contributed by atoms with Crippen LogP contribution in [-0.2, 0) is 10.1 Å². The van der Waals surface area contributed by atoms with Crippen molar-refractivity contribution in [2.45, 2.75) is 17.3 Å². The Morgan fingerprint density at radius 2 is 1.21 bits per heavy atom. The van der Waals surface area contributed by atoms with Gasteiger partial charge in [-0.3, -0.25) is 4.55 Å². The number of hydrogen-bond acceptors (Lipinski definition) is 3. The summed E-state index contributed by atoms with van der Waals surface area (Å²) in [6, 6.07) is 0. The first-order valence-electron chi connectivity index (χ1n) is 2.58. The van der Waals surface area contributed by atoms with Crippen LogP contribution < -0.4 is 0 Å². The summed E-state index contributed by atoms with van der Waals surface area (Å²) in [4.78, 5) is 0. The van der Waals surface area contributed by atoms with Crippen LogP contribution in [0.25, 0.3) is 0 Å². The first-order valence-corrected chi connectivity index (χ1v) is 4.02. The average molecular weight is 248 g/mol. The second kappa shape index (κ2) is 2.97. The van der Waals surface area contributed by atoms with Crippen molar-refractivity contribution in [2.75, 3.05) is 0 Å². The second-order valence-electron chi connectivity index (χ2n) is 2.11. The number of rotatable bonds is 2. The maximum Gasteiger partial charge on any atom is 0.456 e. The summed E-state index contributed by atoms with van der Waals surface area (Å²) in [5.41, 5.74) is 0. The van der Waals surface area contributed by atoms with Crippen LogP contribution >= 0.6 is 0 Å². The molecule has 0 fully saturated rings. The molecular formula is C3H2F6O4S. The minimum absolute atomic E-state index is 6.35. The zero-order valence-corrected chi connectivity index (χ0v) is 6.70. The van der Waals surface area contributed by atoms with Crippen LogP contribution in [0.5, 0.6) is 0 Å². The smallest absolute Gasteiger partial charge is 0.349 e. The van der Waals surface area contributed by atoms with Gasteiger partial charge < -0.3 is 5.11 Å². The Labute approximate surface area is 72.9 Å². The van der Waals surface area contributed by atoms with Crippen LogP contribution in [0.3, 0.4) is 0 Å². The van der Waals surface area contributed by atoms with Crippen molar-refractivity contribution in [3.63, 3.8) is 0 Å². The standard InChI is InChI=1S/C3H2F6O4S/c4-1(10,2(5,6)7)3(8,9)14(11,12)13/h10H,(H,11,12,13). The summed E-state index contributed by atoms with van der Waals surface area (Å²) in [5.74, 6) is -6.35. The molecule has 0 radical (unpaired) electrons. The fraction of sp³-hybridized carbons (Fsp3) is 1.00. The Kier molecular flexibility index (Phi) is 2.85. The fourth-order valence-electron chi connectivity index (χ4n) is 0.336. The van der Waals surface area contributed by atoms with E-state index >= 15 is 0 Å². The first kappa shape index (κ1) is 13.4. The van der Waals surface area contributed by atoms with Gasteiger partial charge in [0, 0.05) is 0 Å². The Balaban J connectivity index is 5.54. The lowest BCUT2D eigenvalue weighted by Crippen LogP contribution is -2.58. The Hall–Kier alpha value is -0.550. The zero-order valence-electron chi connectivity index (χ0n) is 5.89. The van der Waals surface area contributed by atoms with Crippen molar-refractivity contribution in [1.29, 1.82) is 0 Å². The highest BCUT2D eigenvalue weighted by Gasteiger charge is 2.77. The lowest BCUT2D eigenvalue weighted by molar-refractivity contribution is -0.365. The Morgan fingerprint density at radius 1 is 0.929 bits per heavy atom. The van der Waals surface area contributed by atoms with E-state index in [1.54, 1.807) is 0 Å². The Bertz CT molecular complexity index is 314. The van der Waals surface area contributed by atoms with Crippen molar-refractivity contribution >= 4 is 10.1 Å². The molecule has 0 saturated heterocycles. The van der Waals surface area contributed by atoms with Gasteiger partial charge in [-0.15, -0.1) is 0 Å². The highest BCUT2D eigenvalue weighted by molar-refractivity contribution is 7.87. The molecule has 1 atom stereocenters. The zero-order chi connectivity index (χ0) is 12.0. The maximum absolute atomic E-state index is 12.0. The van der Waals surface area contributed by atoms with E-state index in [1.807, 2.05) is 0 Å². The molecule has 0 aliphatic heterocycles. The van der Waals surface area contributed by atoms with Gasteiger partial charge in [0.2, 0.25) is 0 Å². The third kappa shape index (κ3) is 1.79. The van der Waals surface area contributed by atoms with Crippen LogP contribution in [0.4, 0.5) is 26.3 Å². The molecule has 0 bridgehead atoms. The molecule has 86 valence electrons. The molecule has 0 saturated carbocycles. The molecule has 2 N–H and O–H groups in total. The third-order valence-corrected chi connectivity index (χ3v) is 2.00. The summed E-state index contributed by atoms with van der Waals surface area (Å²) in [5, 5.41) is 1.24. The molecule has 0 aromatic heterocycles. The summed E-state index contributed by atoms with van der Waals surface area (Å²) >= 11 is 0. The monoisotopic (exact) mass is 248 g/mol. The van der Waals surface area contributed by atoms with Crippen molar-refractivity contribution in [1.82, 2.24) is 0 Å². The van der Waals surface area contributed by atoms with Crippen LogP contribution in [0.15, 0.2) is 0 Å². The van der Waals surface area contributed by atoms with Crippen LogP contribution in [0.1, 0.15) is 0 Å². The minimum Gasteiger partial charge on any atom is -0.349 e. The van der Waals surface area contributed by atoms with Crippen molar-refractivity contribution in [3.8, 4) is 0 Å². The van der Waals surface area contributed by atoms with E-state index in [9.17, 15) is 34.8 Å². The van der Waals surface area contributed by atoms with Gasteiger partial charge in [0.25, 0.3) is 0 Å². The molecule has 11 heteroatoms. The highest BCUT2D eigenvalue weighted by Crippen LogP contribution is 2.45. The normalized spacial score (nSPS) is 19.1. The number of alkyl halides is 6. The summed E-state index contributed by atoms with van der Waals surface area (Å²) in [7, 11) is -6.72. The van der Waals surface area contributed by atoms with Gasteiger partial charge in [0.15, 0.2) is 0 Å². The van der Waals surface area contributed by atoms with E-state index in [0.717, 1.165) is 0 Å². The van der Waals surface area contributed by atoms with E-state index in [4.69, 9.17) is 9.66 Å². The van der Waals surface area contributed by atoms with Crippen LogP contribution in [0, 0.1) is 0 Å². The molecule has 0 rings (SSSR count). The average Bonchev–Trinajstić information content (AvgIpc) is 1.81. The molecule has 14 heavy (non-hydrogen) atoms.